The Kier molecular flexibility index (Phi) is 5.08. The Morgan fingerprint density at radius 2 is 1.75 bits per heavy atom. The standard InChI is InChI=1S/C15H17N3O2/c1-20-11-15(19)18-14-4-2-13(3-5-14)17-10-12-6-8-16-9-7-12/h2-9,17H,10-11H2,1H3,(H,18,19). The first-order valence-corrected chi connectivity index (χ1v) is 6.29. The van der Waals surface area contributed by atoms with Crippen molar-refractivity contribution >= 4 is 17.3 Å². The largest absolute Gasteiger partial charge is 0.381 e. The molecule has 20 heavy (non-hydrogen) atoms. The summed E-state index contributed by atoms with van der Waals surface area (Å²) in [6, 6.07) is 11.5. The number of anilines is 2. The van der Waals surface area contributed by atoms with Gasteiger partial charge in [-0.3, -0.25) is 9.78 Å². The van der Waals surface area contributed by atoms with Crippen LogP contribution in [0.25, 0.3) is 0 Å². The number of ether oxygens (including phenoxy) is 1. The average Bonchev–Trinajstić information content (AvgIpc) is 2.48. The zero-order chi connectivity index (χ0) is 14.2. The maximum Gasteiger partial charge on any atom is 0.250 e. The first kappa shape index (κ1) is 14.0. The second-order valence-electron chi connectivity index (χ2n) is 4.27. The molecule has 5 nitrogen and oxygen atoms in total. The van der Waals surface area contributed by atoms with Crippen molar-refractivity contribution in [1.82, 2.24) is 4.98 Å². The Labute approximate surface area is 118 Å². The summed E-state index contributed by atoms with van der Waals surface area (Å²) < 4.78 is 4.76. The van der Waals surface area contributed by atoms with E-state index in [2.05, 4.69) is 15.6 Å². The van der Waals surface area contributed by atoms with Crippen LogP contribution in [-0.4, -0.2) is 24.6 Å². The molecule has 1 aromatic carbocycles. The van der Waals surface area contributed by atoms with Crippen LogP contribution in [0.15, 0.2) is 48.8 Å². The van der Waals surface area contributed by atoms with E-state index in [1.165, 1.54) is 7.11 Å². The third kappa shape index (κ3) is 4.37. The minimum atomic E-state index is -0.162. The quantitative estimate of drug-likeness (QED) is 0.846. The Hall–Kier alpha value is -2.40. The molecule has 0 saturated carbocycles. The summed E-state index contributed by atoms with van der Waals surface area (Å²) in [5.74, 6) is -0.162. The van der Waals surface area contributed by atoms with Crippen molar-refractivity contribution in [1.29, 1.82) is 0 Å². The van der Waals surface area contributed by atoms with Gasteiger partial charge < -0.3 is 15.4 Å². The topological polar surface area (TPSA) is 63.2 Å². The number of carbonyl (C=O) groups is 1. The lowest BCUT2D eigenvalue weighted by molar-refractivity contribution is -0.119. The number of carbonyl (C=O) groups excluding carboxylic acids is 1. The van der Waals surface area contributed by atoms with Crippen molar-refractivity contribution in [2.24, 2.45) is 0 Å². The number of methoxy groups -OCH3 is 1. The van der Waals surface area contributed by atoms with Gasteiger partial charge in [-0.05, 0) is 42.0 Å². The van der Waals surface area contributed by atoms with Crippen LogP contribution in [0.5, 0.6) is 0 Å². The maximum atomic E-state index is 11.4. The van der Waals surface area contributed by atoms with Gasteiger partial charge in [0.1, 0.15) is 6.61 Å². The number of nitrogens with one attached hydrogen (secondary N) is 2. The third-order valence-electron chi connectivity index (χ3n) is 2.69. The molecule has 104 valence electrons. The molecule has 0 aliphatic rings. The lowest BCUT2D eigenvalue weighted by Gasteiger charge is -2.08. The molecule has 0 saturated heterocycles. The van der Waals surface area contributed by atoms with E-state index >= 15 is 0 Å². The minimum Gasteiger partial charge on any atom is -0.381 e. The maximum absolute atomic E-state index is 11.4. The van der Waals surface area contributed by atoms with Gasteiger partial charge >= 0.3 is 0 Å². The van der Waals surface area contributed by atoms with Crippen molar-refractivity contribution in [3.8, 4) is 0 Å². The summed E-state index contributed by atoms with van der Waals surface area (Å²) in [7, 11) is 1.49. The van der Waals surface area contributed by atoms with Gasteiger partial charge in [0.15, 0.2) is 0 Å². The van der Waals surface area contributed by atoms with Gasteiger partial charge in [0.05, 0.1) is 0 Å². The molecule has 2 rings (SSSR count). The van der Waals surface area contributed by atoms with Crippen molar-refractivity contribution in [2.45, 2.75) is 6.54 Å². The van der Waals surface area contributed by atoms with Crippen molar-refractivity contribution in [3.05, 3.63) is 54.4 Å². The zero-order valence-corrected chi connectivity index (χ0v) is 11.3. The van der Waals surface area contributed by atoms with Crippen LogP contribution in [0.1, 0.15) is 5.56 Å². The van der Waals surface area contributed by atoms with Gasteiger partial charge in [-0.2, -0.15) is 0 Å². The fourth-order valence-corrected chi connectivity index (χ4v) is 1.70. The molecular formula is C15H17N3O2. The number of nitrogens with zero attached hydrogens (tertiary/aromatic N) is 1. The predicted octanol–water partition coefficient (Wildman–Crippen LogP) is 2.28. The van der Waals surface area contributed by atoms with Crippen LogP contribution in [0.4, 0.5) is 11.4 Å². The van der Waals surface area contributed by atoms with Gasteiger partial charge in [-0.1, -0.05) is 0 Å². The van der Waals surface area contributed by atoms with Crippen LogP contribution in [0.3, 0.4) is 0 Å². The number of amides is 1. The molecule has 0 spiro atoms. The predicted molar refractivity (Wildman–Crippen MR) is 78.5 cm³/mol. The molecular weight excluding hydrogens is 254 g/mol. The fourth-order valence-electron chi connectivity index (χ4n) is 1.70. The van der Waals surface area contributed by atoms with Crippen LogP contribution < -0.4 is 10.6 Å². The van der Waals surface area contributed by atoms with Crippen LogP contribution in [0.2, 0.25) is 0 Å². The van der Waals surface area contributed by atoms with Crippen molar-refractivity contribution in [2.75, 3.05) is 24.4 Å². The van der Waals surface area contributed by atoms with Crippen LogP contribution in [0, 0.1) is 0 Å². The molecule has 0 aliphatic carbocycles. The third-order valence-corrected chi connectivity index (χ3v) is 2.69. The number of pyridine rings is 1. The summed E-state index contributed by atoms with van der Waals surface area (Å²) in [5.41, 5.74) is 2.91. The van der Waals surface area contributed by atoms with E-state index in [1.54, 1.807) is 12.4 Å². The molecule has 1 aromatic heterocycles. The van der Waals surface area contributed by atoms with E-state index in [0.717, 1.165) is 23.5 Å². The van der Waals surface area contributed by atoms with Gasteiger partial charge in [0, 0.05) is 37.4 Å². The molecule has 2 N–H and O–H groups in total. The zero-order valence-electron chi connectivity index (χ0n) is 11.3. The molecule has 2 aromatic rings. The Bertz CT molecular complexity index is 541. The summed E-state index contributed by atoms with van der Waals surface area (Å²) in [5, 5.41) is 6.05. The molecule has 0 unspecified atom stereocenters. The summed E-state index contributed by atoms with van der Waals surface area (Å²) in [4.78, 5) is 15.3. The molecule has 5 heteroatoms. The SMILES string of the molecule is COCC(=O)Nc1ccc(NCc2ccncc2)cc1. The highest BCUT2D eigenvalue weighted by molar-refractivity contribution is 5.91. The monoisotopic (exact) mass is 271 g/mol. The lowest BCUT2D eigenvalue weighted by atomic mass is 10.2. The normalized spacial score (nSPS) is 10.1. The molecule has 0 atom stereocenters. The number of hydrogen-bond donors (Lipinski definition) is 2. The lowest BCUT2D eigenvalue weighted by Crippen LogP contribution is -2.16. The number of aromatic nitrogens is 1. The molecule has 1 heterocycles. The number of rotatable bonds is 6. The second-order valence-corrected chi connectivity index (χ2v) is 4.27. The Balaban J connectivity index is 1.87. The highest BCUT2D eigenvalue weighted by Gasteiger charge is 2.01. The Morgan fingerprint density at radius 3 is 2.40 bits per heavy atom. The second kappa shape index (κ2) is 7.25. The van der Waals surface area contributed by atoms with E-state index in [-0.39, 0.29) is 12.5 Å². The molecule has 0 bridgehead atoms. The number of hydrogen-bond acceptors (Lipinski definition) is 4. The molecule has 0 fully saturated rings. The fraction of sp³-hybridized carbons (Fsp3) is 0.200. The van der Waals surface area contributed by atoms with Crippen LogP contribution in [-0.2, 0) is 16.1 Å². The molecule has 1 amide bonds. The minimum absolute atomic E-state index is 0.0576. The summed E-state index contributed by atoms with van der Waals surface area (Å²) in [6.45, 7) is 0.792. The van der Waals surface area contributed by atoms with Crippen molar-refractivity contribution in [3.63, 3.8) is 0 Å². The van der Waals surface area contributed by atoms with E-state index in [9.17, 15) is 4.79 Å². The molecule has 0 radical (unpaired) electrons. The highest BCUT2D eigenvalue weighted by atomic mass is 16.5. The number of benzene rings is 1. The first-order valence-electron chi connectivity index (χ1n) is 6.29. The average molecular weight is 271 g/mol. The van der Waals surface area contributed by atoms with Gasteiger partial charge in [-0.15, -0.1) is 0 Å². The summed E-state index contributed by atoms with van der Waals surface area (Å²) >= 11 is 0. The van der Waals surface area contributed by atoms with E-state index in [4.69, 9.17) is 4.74 Å². The molecule has 0 aliphatic heterocycles. The highest BCUT2D eigenvalue weighted by Crippen LogP contribution is 2.14. The van der Waals surface area contributed by atoms with E-state index < -0.39 is 0 Å². The van der Waals surface area contributed by atoms with Crippen LogP contribution >= 0.6 is 0 Å². The van der Waals surface area contributed by atoms with E-state index in [0.29, 0.717) is 0 Å². The van der Waals surface area contributed by atoms with E-state index in [1.807, 2.05) is 36.4 Å². The van der Waals surface area contributed by atoms with Gasteiger partial charge in [-0.25, -0.2) is 0 Å². The first-order chi connectivity index (χ1) is 9.78. The van der Waals surface area contributed by atoms with Crippen molar-refractivity contribution < 1.29 is 9.53 Å². The Morgan fingerprint density at radius 1 is 1.10 bits per heavy atom. The smallest absolute Gasteiger partial charge is 0.250 e. The van der Waals surface area contributed by atoms with Gasteiger partial charge in [0.2, 0.25) is 5.91 Å². The van der Waals surface area contributed by atoms with Gasteiger partial charge in [0.25, 0.3) is 0 Å². The summed E-state index contributed by atoms with van der Waals surface area (Å²) in [6.07, 6.45) is 3.54.